The first kappa shape index (κ1) is 14.5. The van der Waals surface area contributed by atoms with Crippen molar-refractivity contribution in [2.24, 2.45) is 0 Å². The van der Waals surface area contributed by atoms with Crippen LogP contribution in [0.15, 0.2) is 46.9 Å². The summed E-state index contributed by atoms with van der Waals surface area (Å²) in [7, 11) is 1.56. The van der Waals surface area contributed by atoms with Crippen LogP contribution in [0.1, 0.15) is 15.9 Å². The Morgan fingerprint density at radius 1 is 1.30 bits per heavy atom. The molecular weight excluding hydrogens is 325 g/mol. The van der Waals surface area contributed by atoms with E-state index in [-0.39, 0.29) is 11.3 Å². The van der Waals surface area contributed by atoms with E-state index in [0.29, 0.717) is 6.54 Å². The second kappa shape index (κ2) is 6.05. The molecule has 2 aromatic rings. The van der Waals surface area contributed by atoms with Crippen LogP contribution in [0.2, 0.25) is 0 Å². The van der Waals surface area contributed by atoms with Crippen LogP contribution in [0.25, 0.3) is 0 Å². The SMILES string of the molecule is CN(Cc1cccc(Br)c1)C(=O)c1c(O)cccc1F. The van der Waals surface area contributed by atoms with Gasteiger partial charge in [0.2, 0.25) is 0 Å². The number of amides is 1. The summed E-state index contributed by atoms with van der Waals surface area (Å²) in [6, 6.07) is 11.3. The molecule has 0 saturated heterocycles. The smallest absolute Gasteiger partial charge is 0.260 e. The Morgan fingerprint density at radius 3 is 2.65 bits per heavy atom. The molecule has 0 spiro atoms. The fourth-order valence-electron chi connectivity index (χ4n) is 1.90. The van der Waals surface area contributed by atoms with Crippen molar-refractivity contribution in [1.82, 2.24) is 4.90 Å². The second-order valence-corrected chi connectivity index (χ2v) is 5.34. The molecule has 0 atom stereocenters. The molecule has 0 heterocycles. The third kappa shape index (κ3) is 3.17. The Bertz CT molecular complexity index is 625. The van der Waals surface area contributed by atoms with E-state index in [4.69, 9.17) is 0 Å². The maximum atomic E-state index is 13.6. The average Bonchev–Trinajstić information content (AvgIpc) is 2.38. The molecule has 0 unspecified atom stereocenters. The fraction of sp³-hybridized carbons (Fsp3) is 0.133. The van der Waals surface area contributed by atoms with Gasteiger partial charge in [0, 0.05) is 18.1 Å². The van der Waals surface area contributed by atoms with Gasteiger partial charge in [0.15, 0.2) is 0 Å². The lowest BCUT2D eigenvalue weighted by Gasteiger charge is -2.18. The average molecular weight is 338 g/mol. The van der Waals surface area contributed by atoms with E-state index in [1.54, 1.807) is 7.05 Å². The molecule has 1 amide bonds. The summed E-state index contributed by atoms with van der Waals surface area (Å²) in [6.07, 6.45) is 0. The highest BCUT2D eigenvalue weighted by Gasteiger charge is 2.20. The number of carbonyl (C=O) groups is 1. The molecule has 0 fully saturated rings. The zero-order chi connectivity index (χ0) is 14.7. The molecule has 1 N–H and O–H groups in total. The van der Waals surface area contributed by atoms with Gasteiger partial charge in [-0.05, 0) is 29.8 Å². The Morgan fingerprint density at radius 2 is 2.00 bits per heavy atom. The molecule has 5 heteroatoms. The molecule has 20 heavy (non-hydrogen) atoms. The Labute approximate surface area is 124 Å². The van der Waals surface area contributed by atoms with Gasteiger partial charge < -0.3 is 10.0 Å². The van der Waals surface area contributed by atoms with Crippen LogP contribution >= 0.6 is 15.9 Å². The summed E-state index contributed by atoms with van der Waals surface area (Å²) in [6.45, 7) is 0.325. The minimum Gasteiger partial charge on any atom is -0.507 e. The van der Waals surface area contributed by atoms with Gasteiger partial charge in [0.05, 0.1) is 0 Å². The van der Waals surface area contributed by atoms with Crippen molar-refractivity contribution < 1.29 is 14.3 Å². The van der Waals surface area contributed by atoms with E-state index >= 15 is 0 Å². The van der Waals surface area contributed by atoms with E-state index in [1.807, 2.05) is 24.3 Å². The Balaban J connectivity index is 2.21. The Hall–Kier alpha value is -1.88. The summed E-state index contributed by atoms with van der Waals surface area (Å²) in [5.41, 5.74) is 0.607. The summed E-state index contributed by atoms with van der Waals surface area (Å²) >= 11 is 3.35. The molecular formula is C15H13BrFNO2. The number of nitrogens with zero attached hydrogens (tertiary/aromatic N) is 1. The quantitative estimate of drug-likeness (QED) is 0.930. The third-order valence-corrected chi connectivity index (χ3v) is 3.35. The van der Waals surface area contributed by atoms with E-state index < -0.39 is 11.7 Å². The standard InChI is InChI=1S/C15H13BrFNO2/c1-18(9-10-4-2-5-11(16)8-10)15(20)14-12(17)6-3-7-13(14)19/h2-8,19H,9H2,1H3. The highest BCUT2D eigenvalue weighted by Crippen LogP contribution is 2.22. The van der Waals surface area contributed by atoms with E-state index in [9.17, 15) is 14.3 Å². The monoisotopic (exact) mass is 337 g/mol. The Kier molecular flexibility index (Phi) is 4.39. The molecule has 0 aliphatic carbocycles. The highest BCUT2D eigenvalue weighted by atomic mass is 79.9. The van der Waals surface area contributed by atoms with Crippen molar-refractivity contribution in [1.29, 1.82) is 0 Å². The summed E-state index contributed by atoms with van der Waals surface area (Å²) in [5.74, 6) is -1.63. The normalized spacial score (nSPS) is 10.3. The maximum absolute atomic E-state index is 13.6. The van der Waals surface area contributed by atoms with Crippen LogP contribution in [0.5, 0.6) is 5.75 Å². The first-order chi connectivity index (χ1) is 9.49. The highest BCUT2D eigenvalue weighted by molar-refractivity contribution is 9.10. The summed E-state index contributed by atoms with van der Waals surface area (Å²) < 4.78 is 14.6. The zero-order valence-corrected chi connectivity index (χ0v) is 12.4. The van der Waals surface area contributed by atoms with Crippen LogP contribution in [-0.4, -0.2) is 23.0 Å². The number of aromatic hydroxyl groups is 1. The molecule has 104 valence electrons. The lowest BCUT2D eigenvalue weighted by atomic mass is 10.1. The largest absolute Gasteiger partial charge is 0.507 e. The maximum Gasteiger partial charge on any atom is 0.260 e. The number of hydrogen-bond acceptors (Lipinski definition) is 2. The van der Waals surface area contributed by atoms with Crippen molar-refractivity contribution in [3.05, 3.63) is 63.9 Å². The second-order valence-electron chi connectivity index (χ2n) is 4.43. The van der Waals surface area contributed by atoms with Gasteiger partial charge in [-0.2, -0.15) is 0 Å². The molecule has 3 nitrogen and oxygen atoms in total. The van der Waals surface area contributed by atoms with Gasteiger partial charge in [-0.25, -0.2) is 4.39 Å². The third-order valence-electron chi connectivity index (χ3n) is 2.86. The minimum atomic E-state index is -0.726. The van der Waals surface area contributed by atoms with Crippen LogP contribution in [-0.2, 0) is 6.54 Å². The molecule has 0 aliphatic rings. The predicted octanol–water partition coefficient (Wildman–Crippen LogP) is 3.57. The van der Waals surface area contributed by atoms with E-state index in [2.05, 4.69) is 15.9 Å². The van der Waals surface area contributed by atoms with Crippen molar-refractivity contribution in [2.75, 3.05) is 7.05 Å². The first-order valence-electron chi connectivity index (χ1n) is 5.96. The van der Waals surface area contributed by atoms with Gasteiger partial charge in [-0.1, -0.05) is 34.1 Å². The molecule has 0 aromatic heterocycles. The lowest BCUT2D eigenvalue weighted by Crippen LogP contribution is -2.27. The number of phenolic OH excluding ortho intramolecular Hbond substituents is 1. The van der Waals surface area contributed by atoms with Gasteiger partial charge in [0.25, 0.3) is 5.91 Å². The molecule has 2 rings (SSSR count). The van der Waals surface area contributed by atoms with Crippen LogP contribution in [0, 0.1) is 5.82 Å². The van der Waals surface area contributed by atoms with Crippen molar-refractivity contribution in [2.45, 2.75) is 6.54 Å². The molecule has 0 bridgehead atoms. The molecule has 2 aromatic carbocycles. The number of benzene rings is 2. The minimum absolute atomic E-state index is 0.301. The molecule has 0 radical (unpaired) electrons. The number of halogens is 2. The topological polar surface area (TPSA) is 40.5 Å². The lowest BCUT2D eigenvalue weighted by molar-refractivity contribution is 0.0777. The molecule has 0 aliphatic heterocycles. The number of hydrogen-bond donors (Lipinski definition) is 1. The molecule has 0 saturated carbocycles. The number of rotatable bonds is 3. The first-order valence-corrected chi connectivity index (χ1v) is 6.75. The van der Waals surface area contributed by atoms with Gasteiger partial charge >= 0.3 is 0 Å². The number of phenols is 1. The number of carbonyl (C=O) groups excluding carboxylic acids is 1. The fourth-order valence-corrected chi connectivity index (χ4v) is 2.34. The van der Waals surface area contributed by atoms with Crippen molar-refractivity contribution >= 4 is 21.8 Å². The van der Waals surface area contributed by atoms with Crippen LogP contribution in [0.4, 0.5) is 4.39 Å². The van der Waals surface area contributed by atoms with E-state index in [0.717, 1.165) is 16.1 Å². The van der Waals surface area contributed by atoms with Crippen LogP contribution in [0.3, 0.4) is 0 Å². The summed E-state index contributed by atoms with van der Waals surface area (Å²) in [4.78, 5) is 13.6. The summed E-state index contributed by atoms with van der Waals surface area (Å²) in [5, 5.41) is 9.63. The van der Waals surface area contributed by atoms with Crippen LogP contribution < -0.4 is 0 Å². The zero-order valence-electron chi connectivity index (χ0n) is 10.8. The van der Waals surface area contributed by atoms with Gasteiger partial charge in [-0.3, -0.25) is 4.79 Å². The predicted molar refractivity (Wildman–Crippen MR) is 78.0 cm³/mol. The van der Waals surface area contributed by atoms with Crippen molar-refractivity contribution in [3.63, 3.8) is 0 Å². The van der Waals surface area contributed by atoms with Crippen molar-refractivity contribution in [3.8, 4) is 5.75 Å². The van der Waals surface area contributed by atoms with E-state index in [1.165, 1.54) is 17.0 Å². The van der Waals surface area contributed by atoms with Gasteiger partial charge in [0.1, 0.15) is 17.1 Å². The van der Waals surface area contributed by atoms with Gasteiger partial charge in [-0.15, -0.1) is 0 Å².